The third-order valence-electron chi connectivity index (χ3n) is 11.0. The molecular formula is C52H64N8O8. The Kier molecular flexibility index (Phi) is 19.3. The van der Waals surface area contributed by atoms with Gasteiger partial charge in [-0.25, -0.2) is 0 Å². The summed E-state index contributed by atoms with van der Waals surface area (Å²) in [5, 5.41) is 15.8. The fourth-order valence-corrected chi connectivity index (χ4v) is 7.46. The Balaban J connectivity index is 0.000000169. The summed E-state index contributed by atoms with van der Waals surface area (Å²) in [6.07, 6.45) is 11.2. The molecule has 0 bridgehead atoms. The van der Waals surface area contributed by atoms with Crippen molar-refractivity contribution in [1.29, 1.82) is 0 Å². The van der Waals surface area contributed by atoms with Gasteiger partial charge >= 0.3 is 0 Å². The molecule has 0 saturated carbocycles. The molecule has 8 rings (SSSR count). The smallest absolute Gasteiger partial charge is 0.216 e. The lowest BCUT2D eigenvalue weighted by Crippen LogP contribution is -2.22. The van der Waals surface area contributed by atoms with Gasteiger partial charge in [0, 0.05) is 122 Å². The van der Waals surface area contributed by atoms with Crippen LogP contribution in [-0.4, -0.2) is 98.2 Å². The topological polar surface area (TPSA) is 216 Å². The molecule has 0 spiro atoms. The molecule has 16 heteroatoms. The Labute approximate surface area is 396 Å². The predicted molar refractivity (Wildman–Crippen MR) is 269 cm³/mol. The number of methoxy groups -OCH3 is 4. The standard InChI is InChI=1S/4C13H16N2O2/c4*1-9(16)14-6-5-10-8-15-13-4-3-11(17-2)7-12(10)13/h4*3-4,7-8,15H,5-6H2,1-2H3,(H,14,16). The first-order chi connectivity index (χ1) is 32.8. The summed E-state index contributed by atoms with van der Waals surface area (Å²) in [7, 11) is 6.63. The largest absolute Gasteiger partial charge is 0.497 e. The van der Waals surface area contributed by atoms with Crippen LogP contribution < -0.4 is 40.2 Å². The van der Waals surface area contributed by atoms with E-state index in [-0.39, 0.29) is 23.6 Å². The van der Waals surface area contributed by atoms with E-state index in [0.717, 1.165) is 92.3 Å². The van der Waals surface area contributed by atoms with E-state index < -0.39 is 0 Å². The van der Waals surface area contributed by atoms with E-state index in [0.29, 0.717) is 26.2 Å². The Hall–Kier alpha value is -7.88. The zero-order valence-electron chi connectivity index (χ0n) is 40.2. The summed E-state index contributed by atoms with van der Waals surface area (Å²) in [4.78, 5) is 56.0. The Morgan fingerprint density at radius 2 is 0.574 bits per heavy atom. The number of amides is 4. The Morgan fingerprint density at radius 1 is 0.368 bits per heavy atom. The van der Waals surface area contributed by atoms with Crippen LogP contribution in [0.1, 0.15) is 49.9 Å². The van der Waals surface area contributed by atoms with Crippen LogP contribution in [0, 0.1) is 0 Å². The number of H-pyrrole nitrogens is 4. The lowest BCUT2D eigenvalue weighted by molar-refractivity contribution is -0.119. The van der Waals surface area contributed by atoms with Crippen LogP contribution in [-0.2, 0) is 44.9 Å². The maximum Gasteiger partial charge on any atom is 0.216 e. The van der Waals surface area contributed by atoms with E-state index in [4.69, 9.17) is 18.9 Å². The van der Waals surface area contributed by atoms with Crippen LogP contribution in [0.25, 0.3) is 43.6 Å². The predicted octanol–water partition coefficient (Wildman–Crippen LogP) is 7.42. The summed E-state index contributed by atoms with van der Waals surface area (Å²) < 4.78 is 20.8. The summed E-state index contributed by atoms with van der Waals surface area (Å²) in [5.74, 6) is 3.39. The molecule has 0 saturated heterocycles. The third kappa shape index (κ3) is 15.1. The Morgan fingerprint density at radius 3 is 0.750 bits per heavy atom. The second kappa shape index (κ2) is 25.7. The second-order valence-electron chi connectivity index (χ2n) is 15.8. The van der Waals surface area contributed by atoms with Gasteiger partial charge in [0.15, 0.2) is 0 Å². The zero-order valence-corrected chi connectivity index (χ0v) is 40.2. The molecule has 68 heavy (non-hydrogen) atoms. The molecule has 4 aromatic heterocycles. The Bertz CT molecular complexity index is 2520. The van der Waals surface area contributed by atoms with Gasteiger partial charge in [-0.1, -0.05) is 0 Å². The van der Waals surface area contributed by atoms with E-state index in [1.165, 1.54) is 49.9 Å². The van der Waals surface area contributed by atoms with Crippen molar-refractivity contribution in [3.05, 3.63) is 120 Å². The maximum atomic E-state index is 10.8. The summed E-state index contributed by atoms with van der Waals surface area (Å²) in [6.45, 7) is 8.71. The van der Waals surface area contributed by atoms with Gasteiger partial charge in [0.1, 0.15) is 23.0 Å². The number of ether oxygens (including phenoxy) is 4. The number of carbonyl (C=O) groups excluding carboxylic acids is 4. The van der Waals surface area contributed by atoms with Crippen molar-refractivity contribution < 1.29 is 38.1 Å². The average molecular weight is 929 g/mol. The quantitative estimate of drug-likeness (QED) is 0.0487. The highest BCUT2D eigenvalue weighted by Gasteiger charge is 2.09. The molecule has 4 aromatic carbocycles. The number of hydrogen-bond donors (Lipinski definition) is 8. The number of rotatable bonds is 16. The third-order valence-corrected chi connectivity index (χ3v) is 11.0. The fraction of sp³-hybridized carbons (Fsp3) is 0.308. The van der Waals surface area contributed by atoms with Crippen LogP contribution in [0.2, 0.25) is 0 Å². The van der Waals surface area contributed by atoms with Crippen LogP contribution in [0.5, 0.6) is 23.0 Å². The van der Waals surface area contributed by atoms with E-state index in [2.05, 4.69) is 41.2 Å². The van der Waals surface area contributed by atoms with Crippen molar-refractivity contribution in [2.24, 2.45) is 0 Å². The minimum atomic E-state index is 0.00224. The molecule has 0 fully saturated rings. The summed E-state index contributed by atoms with van der Waals surface area (Å²) in [6, 6.07) is 23.7. The number of benzene rings is 4. The lowest BCUT2D eigenvalue weighted by atomic mass is 10.1. The molecular weight excluding hydrogens is 865 g/mol. The van der Waals surface area contributed by atoms with Gasteiger partial charge in [-0.05, 0) is 121 Å². The van der Waals surface area contributed by atoms with Crippen molar-refractivity contribution in [2.45, 2.75) is 53.4 Å². The molecule has 16 nitrogen and oxygen atoms in total. The van der Waals surface area contributed by atoms with Crippen molar-refractivity contribution in [1.82, 2.24) is 41.2 Å². The van der Waals surface area contributed by atoms with Crippen LogP contribution in [0.15, 0.2) is 97.6 Å². The monoisotopic (exact) mass is 928 g/mol. The number of nitrogens with one attached hydrogen (secondary N) is 8. The number of aromatic nitrogens is 4. The molecule has 0 aliphatic heterocycles. The van der Waals surface area contributed by atoms with Gasteiger partial charge in [0.05, 0.1) is 28.4 Å². The fourth-order valence-electron chi connectivity index (χ4n) is 7.46. The molecule has 0 atom stereocenters. The number of fused-ring (bicyclic) bond motifs is 4. The highest BCUT2D eigenvalue weighted by Crippen LogP contribution is 2.27. The second-order valence-corrected chi connectivity index (χ2v) is 15.8. The van der Waals surface area contributed by atoms with E-state index >= 15 is 0 Å². The summed E-state index contributed by atoms with van der Waals surface area (Å²) in [5.41, 5.74) is 9.10. The van der Waals surface area contributed by atoms with Crippen molar-refractivity contribution >= 4 is 67.2 Å². The normalized spacial score (nSPS) is 10.5. The minimum Gasteiger partial charge on any atom is -0.497 e. The van der Waals surface area contributed by atoms with Crippen LogP contribution in [0.4, 0.5) is 0 Å². The molecule has 4 amide bonds. The minimum absolute atomic E-state index is 0.00224. The van der Waals surface area contributed by atoms with Gasteiger partial charge in [-0.2, -0.15) is 0 Å². The van der Waals surface area contributed by atoms with E-state index in [1.54, 1.807) is 28.4 Å². The molecule has 0 aliphatic rings. The van der Waals surface area contributed by atoms with Crippen molar-refractivity contribution in [2.75, 3.05) is 54.6 Å². The van der Waals surface area contributed by atoms with Gasteiger partial charge in [-0.15, -0.1) is 0 Å². The van der Waals surface area contributed by atoms with Crippen LogP contribution in [0.3, 0.4) is 0 Å². The first kappa shape index (κ1) is 51.1. The SMILES string of the molecule is COc1ccc2[nH]cc(CCNC(C)=O)c2c1.COc1ccc2[nH]cc(CCNC(C)=O)c2c1.COc1ccc2[nH]cc(CCNC(C)=O)c2c1.COc1ccc2[nH]cc(CCNC(C)=O)c2c1. The number of aromatic amines is 4. The van der Waals surface area contributed by atoms with Gasteiger partial charge in [0.25, 0.3) is 0 Å². The highest BCUT2D eigenvalue weighted by molar-refractivity contribution is 5.87. The zero-order chi connectivity index (χ0) is 49.0. The van der Waals surface area contributed by atoms with Crippen molar-refractivity contribution in [3.8, 4) is 23.0 Å². The number of carbonyl (C=O) groups is 4. The average Bonchev–Trinajstić information content (AvgIpc) is 4.14. The van der Waals surface area contributed by atoms with Crippen LogP contribution >= 0.6 is 0 Å². The molecule has 4 heterocycles. The first-order valence-electron chi connectivity index (χ1n) is 22.4. The molecule has 8 N–H and O–H groups in total. The van der Waals surface area contributed by atoms with Gasteiger partial charge in [-0.3, -0.25) is 19.2 Å². The molecule has 0 unspecified atom stereocenters. The molecule has 8 aromatic rings. The van der Waals surface area contributed by atoms with Gasteiger partial charge in [0.2, 0.25) is 23.6 Å². The molecule has 360 valence electrons. The number of hydrogen-bond acceptors (Lipinski definition) is 8. The summed E-state index contributed by atoms with van der Waals surface area (Å²) >= 11 is 0. The molecule has 0 radical (unpaired) electrons. The van der Waals surface area contributed by atoms with E-state index in [1.807, 2.05) is 97.6 Å². The van der Waals surface area contributed by atoms with E-state index in [9.17, 15) is 19.2 Å². The first-order valence-corrected chi connectivity index (χ1v) is 22.4. The van der Waals surface area contributed by atoms with Gasteiger partial charge < -0.3 is 60.2 Å². The molecule has 0 aliphatic carbocycles. The highest BCUT2D eigenvalue weighted by atomic mass is 16.5. The lowest BCUT2D eigenvalue weighted by Gasteiger charge is -2.03. The van der Waals surface area contributed by atoms with Crippen molar-refractivity contribution in [3.63, 3.8) is 0 Å². The maximum absolute atomic E-state index is 10.8.